The molecule has 0 bridgehead atoms. The number of carbonyl (C=O) groups is 1. The lowest BCUT2D eigenvalue weighted by molar-refractivity contribution is -0.127. The molecule has 132 valence electrons. The van der Waals surface area contributed by atoms with Crippen LogP contribution in [0.2, 0.25) is 5.02 Å². The summed E-state index contributed by atoms with van der Waals surface area (Å²) in [5.74, 6) is -0.110. The number of nitrogens with zero attached hydrogens (tertiary/aromatic N) is 2. The summed E-state index contributed by atoms with van der Waals surface area (Å²) in [6.07, 6.45) is 3.40. The summed E-state index contributed by atoms with van der Waals surface area (Å²) in [7, 11) is -3.58. The van der Waals surface area contributed by atoms with Crippen molar-refractivity contribution in [2.24, 2.45) is 0 Å². The van der Waals surface area contributed by atoms with Crippen molar-refractivity contribution in [3.63, 3.8) is 0 Å². The Hall–Kier alpha value is -2.32. The van der Waals surface area contributed by atoms with E-state index in [1.807, 2.05) is 6.07 Å². The molecule has 2 aromatic rings. The molecule has 1 aliphatic heterocycles. The van der Waals surface area contributed by atoms with E-state index in [0.29, 0.717) is 16.5 Å². The van der Waals surface area contributed by atoms with Gasteiger partial charge in [0.25, 0.3) is 5.91 Å². The first kappa shape index (κ1) is 17.5. The first-order chi connectivity index (χ1) is 11.8. The molecule has 0 saturated heterocycles. The fourth-order valence-electron chi connectivity index (χ4n) is 2.48. The van der Waals surface area contributed by atoms with E-state index in [0.717, 1.165) is 16.1 Å². The second-order valence-electron chi connectivity index (χ2n) is 5.59. The fourth-order valence-corrected chi connectivity index (χ4v) is 3.55. The number of benzene rings is 1. The molecule has 1 unspecified atom stereocenters. The first-order valence-electron chi connectivity index (χ1n) is 7.45. The SMILES string of the molecule is CS(=O)(=O)N1CC(C(=O)NCc2cccnc2)Oc2ccc(Cl)cc21. The van der Waals surface area contributed by atoms with Crippen LogP contribution in [-0.4, -0.2) is 38.2 Å². The topological polar surface area (TPSA) is 88.6 Å². The molecule has 0 saturated carbocycles. The fraction of sp³-hybridized carbons (Fsp3) is 0.250. The minimum atomic E-state index is -3.58. The Morgan fingerprint density at radius 1 is 1.44 bits per heavy atom. The molecule has 7 nitrogen and oxygen atoms in total. The lowest BCUT2D eigenvalue weighted by atomic mass is 10.2. The molecule has 25 heavy (non-hydrogen) atoms. The van der Waals surface area contributed by atoms with Crippen LogP contribution in [0.3, 0.4) is 0 Å². The van der Waals surface area contributed by atoms with E-state index in [9.17, 15) is 13.2 Å². The molecule has 0 spiro atoms. The quantitative estimate of drug-likeness (QED) is 0.868. The first-order valence-corrected chi connectivity index (χ1v) is 9.68. The standard InChI is InChI=1S/C16H16ClN3O4S/c1-25(22,23)20-10-15(24-14-5-4-12(17)7-13(14)20)16(21)19-9-11-3-2-6-18-8-11/h2-8,15H,9-10H2,1H3,(H,19,21). The smallest absolute Gasteiger partial charge is 0.263 e. The van der Waals surface area contributed by atoms with E-state index in [1.54, 1.807) is 30.6 Å². The van der Waals surface area contributed by atoms with Gasteiger partial charge in [0.05, 0.1) is 18.5 Å². The number of amides is 1. The molecule has 3 rings (SSSR count). The van der Waals surface area contributed by atoms with Crippen molar-refractivity contribution in [1.29, 1.82) is 0 Å². The van der Waals surface area contributed by atoms with Crippen molar-refractivity contribution < 1.29 is 17.9 Å². The number of rotatable bonds is 4. The minimum absolute atomic E-state index is 0.120. The maximum absolute atomic E-state index is 12.4. The molecule has 0 aliphatic carbocycles. The van der Waals surface area contributed by atoms with Gasteiger partial charge >= 0.3 is 0 Å². The molecule has 1 aromatic carbocycles. The number of fused-ring (bicyclic) bond motifs is 1. The number of anilines is 1. The molecule has 0 radical (unpaired) electrons. The number of ether oxygens (including phenoxy) is 1. The van der Waals surface area contributed by atoms with Gasteiger partial charge in [-0.25, -0.2) is 8.42 Å². The van der Waals surface area contributed by atoms with Crippen LogP contribution in [0.1, 0.15) is 5.56 Å². The van der Waals surface area contributed by atoms with Crippen LogP contribution in [-0.2, 0) is 21.4 Å². The zero-order chi connectivity index (χ0) is 18.0. The molecule has 1 N–H and O–H groups in total. The average molecular weight is 382 g/mol. The Morgan fingerprint density at radius 3 is 2.92 bits per heavy atom. The number of hydrogen-bond donors (Lipinski definition) is 1. The third-order valence-electron chi connectivity index (χ3n) is 3.67. The van der Waals surface area contributed by atoms with Crippen molar-refractivity contribution in [2.45, 2.75) is 12.6 Å². The maximum Gasteiger partial charge on any atom is 0.263 e. The monoisotopic (exact) mass is 381 g/mol. The normalized spacial score (nSPS) is 16.7. The van der Waals surface area contributed by atoms with Crippen LogP contribution in [0, 0.1) is 0 Å². The highest BCUT2D eigenvalue weighted by Gasteiger charge is 2.35. The van der Waals surface area contributed by atoms with E-state index in [2.05, 4.69) is 10.3 Å². The Bertz CT molecular complexity index is 890. The van der Waals surface area contributed by atoms with E-state index >= 15 is 0 Å². The van der Waals surface area contributed by atoms with Crippen LogP contribution >= 0.6 is 11.6 Å². The number of sulfonamides is 1. The van der Waals surface area contributed by atoms with E-state index in [-0.39, 0.29) is 13.1 Å². The predicted octanol–water partition coefficient (Wildman–Crippen LogP) is 1.58. The number of pyridine rings is 1. The van der Waals surface area contributed by atoms with Gasteiger partial charge in [0.2, 0.25) is 10.0 Å². The van der Waals surface area contributed by atoms with Gasteiger partial charge in [-0.3, -0.25) is 14.1 Å². The molecule has 9 heteroatoms. The Balaban J connectivity index is 1.79. The predicted molar refractivity (Wildman–Crippen MR) is 94.1 cm³/mol. The summed E-state index contributed by atoms with van der Waals surface area (Å²) in [4.78, 5) is 16.4. The maximum atomic E-state index is 12.4. The van der Waals surface area contributed by atoms with E-state index < -0.39 is 22.0 Å². The Kier molecular flexibility index (Phi) is 4.82. The minimum Gasteiger partial charge on any atom is -0.476 e. The molecule has 1 aliphatic rings. The second-order valence-corrected chi connectivity index (χ2v) is 7.93. The van der Waals surface area contributed by atoms with Crippen molar-refractivity contribution in [3.05, 3.63) is 53.3 Å². The van der Waals surface area contributed by atoms with Gasteiger partial charge in [0, 0.05) is 24.0 Å². The van der Waals surface area contributed by atoms with Gasteiger partial charge in [0.1, 0.15) is 5.75 Å². The summed E-state index contributed by atoms with van der Waals surface area (Å²) in [6.45, 7) is 0.157. The summed E-state index contributed by atoms with van der Waals surface area (Å²) in [5, 5.41) is 3.12. The number of hydrogen-bond acceptors (Lipinski definition) is 5. The molecular weight excluding hydrogens is 366 g/mol. The van der Waals surface area contributed by atoms with Gasteiger partial charge in [-0.1, -0.05) is 17.7 Å². The van der Waals surface area contributed by atoms with Crippen molar-refractivity contribution in [1.82, 2.24) is 10.3 Å². The van der Waals surface area contributed by atoms with Gasteiger partial charge in [0.15, 0.2) is 6.10 Å². The van der Waals surface area contributed by atoms with Crippen molar-refractivity contribution in [2.75, 3.05) is 17.1 Å². The molecule has 0 fully saturated rings. The highest BCUT2D eigenvalue weighted by molar-refractivity contribution is 7.92. The van der Waals surface area contributed by atoms with Gasteiger partial charge < -0.3 is 10.1 Å². The summed E-state index contributed by atoms with van der Waals surface area (Å²) in [6, 6.07) is 8.23. The van der Waals surface area contributed by atoms with Crippen LogP contribution in [0.4, 0.5) is 5.69 Å². The molecule has 2 heterocycles. The van der Waals surface area contributed by atoms with E-state index in [4.69, 9.17) is 16.3 Å². The van der Waals surface area contributed by atoms with E-state index in [1.165, 1.54) is 6.07 Å². The number of carbonyl (C=O) groups excluding carboxylic acids is 1. The lowest BCUT2D eigenvalue weighted by Crippen LogP contribution is -2.50. The summed E-state index contributed by atoms with van der Waals surface area (Å²) < 4.78 is 31.0. The summed E-state index contributed by atoms with van der Waals surface area (Å²) in [5.41, 5.74) is 1.16. The third-order valence-corrected chi connectivity index (χ3v) is 5.05. The Labute approximate surface area is 150 Å². The number of nitrogens with one attached hydrogen (secondary N) is 1. The lowest BCUT2D eigenvalue weighted by Gasteiger charge is -2.34. The molecule has 1 atom stereocenters. The zero-order valence-electron chi connectivity index (χ0n) is 13.3. The number of aromatic nitrogens is 1. The highest BCUT2D eigenvalue weighted by atomic mass is 35.5. The van der Waals surface area contributed by atoms with Gasteiger partial charge in [-0.2, -0.15) is 0 Å². The van der Waals surface area contributed by atoms with Gasteiger partial charge in [-0.15, -0.1) is 0 Å². The zero-order valence-corrected chi connectivity index (χ0v) is 14.9. The molecule has 1 aromatic heterocycles. The summed E-state index contributed by atoms with van der Waals surface area (Å²) >= 11 is 5.95. The average Bonchev–Trinajstić information content (AvgIpc) is 2.58. The molecule has 1 amide bonds. The van der Waals surface area contributed by atoms with Crippen LogP contribution in [0.25, 0.3) is 0 Å². The second kappa shape index (κ2) is 6.89. The third kappa shape index (κ3) is 4.02. The van der Waals surface area contributed by atoms with Crippen molar-refractivity contribution in [3.8, 4) is 5.75 Å². The van der Waals surface area contributed by atoms with Crippen molar-refractivity contribution >= 4 is 33.2 Å². The number of halogens is 1. The molecular formula is C16H16ClN3O4S. The van der Waals surface area contributed by atoms with Crippen LogP contribution < -0.4 is 14.4 Å². The highest BCUT2D eigenvalue weighted by Crippen LogP contribution is 2.37. The van der Waals surface area contributed by atoms with Crippen LogP contribution in [0.15, 0.2) is 42.7 Å². The Morgan fingerprint density at radius 2 is 2.24 bits per heavy atom. The van der Waals surface area contributed by atoms with Crippen LogP contribution in [0.5, 0.6) is 5.75 Å². The van der Waals surface area contributed by atoms with Gasteiger partial charge in [-0.05, 0) is 29.8 Å². The largest absolute Gasteiger partial charge is 0.476 e.